The summed E-state index contributed by atoms with van der Waals surface area (Å²) in [4.78, 5) is 0. The lowest BCUT2D eigenvalue weighted by molar-refractivity contribution is 0.342. The Morgan fingerprint density at radius 2 is 1.76 bits per heavy atom. The Labute approximate surface area is 123 Å². The monoisotopic (exact) mass is 281 g/mol. The average molecular weight is 281 g/mol. The fourth-order valence-electron chi connectivity index (χ4n) is 2.28. The number of hydrogen-bond donors (Lipinski definition) is 0. The number of rotatable bonds is 4. The maximum atomic E-state index is 5.99. The minimum Gasteiger partial charge on any atom is -0.497 e. The summed E-state index contributed by atoms with van der Waals surface area (Å²) in [5.74, 6) is 2.44. The predicted molar refractivity (Wildman–Crippen MR) is 83.8 cm³/mol. The van der Waals surface area contributed by atoms with E-state index >= 15 is 0 Å². The lowest BCUT2D eigenvalue weighted by atomic mass is 10.1. The highest BCUT2D eigenvalue weighted by molar-refractivity contribution is 5.85. The van der Waals surface area contributed by atoms with E-state index in [1.807, 2.05) is 61.5 Å². The van der Waals surface area contributed by atoms with Crippen LogP contribution in [0.5, 0.6) is 11.5 Å². The molecule has 0 aliphatic rings. The molecule has 3 nitrogen and oxygen atoms in total. The topological polar surface area (TPSA) is 29.8 Å². The fourth-order valence-corrected chi connectivity index (χ4v) is 2.28. The van der Waals surface area contributed by atoms with Gasteiger partial charge in [-0.15, -0.1) is 0 Å². The van der Waals surface area contributed by atoms with E-state index in [4.69, 9.17) is 13.9 Å². The zero-order valence-corrected chi connectivity index (χ0v) is 12.1. The van der Waals surface area contributed by atoms with Crippen LogP contribution in [0.3, 0.4) is 0 Å². The Bertz CT molecular complexity index is 748. The molecule has 3 rings (SSSR count). The van der Waals surface area contributed by atoms with Crippen LogP contribution in [0.15, 0.2) is 59.0 Å². The second-order valence-corrected chi connectivity index (χ2v) is 4.63. The van der Waals surface area contributed by atoms with Gasteiger partial charge in [0.1, 0.15) is 16.9 Å². The van der Waals surface area contributed by atoms with E-state index < -0.39 is 0 Å². The summed E-state index contributed by atoms with van der Waals surface area (Å²) in [5, 5.41) is 0.983. The van der Waals surface area contributed by atoms with Crippen LogP contribution in [-0.2, 0) is 0 Å². The number of para-hydroxylation sites is 1. The minimum atomic E-state index is 0.621. The van der Waals surface area contributed by atoms with Crippen LogP contribution in [0.4, 0.5) is 0 Å². The van der Waals surface area contributed by atoms with Gasteiger partial charge >= 0.3 is 11.3 Å². The van der Waals surface area contributed by atoms with Crippen LogP contribution in [0, 0.1) is 0 Å². The molecule has 0 spiro atoms. The third-order valence-electron chi connectivity index (χ3n) is 3.31. The van der Waals surface area contributed by atoms with Crippen LogP contribution in [0.25, 0.3) is 22.3 Å². The van der Waals surface area contributed by atoms with Gasteiger partial charge in [-0.05, 0) is 37.3 Å². The second-order valence-electron chi connectivity index (χ2n) is 4.63. The summed E-state index contributed by atoms with van der Waals surface area (Å²) in [6.07, 6.45) is 0. The molecule has 0 unspecified atom stereocenters. The number of ether oxygens (including phenoxy) is 2. The first kappa shape index (κ1) is 13.4. The van der Waals surface area contributed by atoms with Gasteiger partial charge in [0.05, 0.1) is 25.3 Å². The van der Waals surface area contributed by atoms with Crippen LogP contribution in [-0.4, -0.2) is 13.7 Å². The maximum Gasteiger partial charge on any atom is 0.364 e. The first-order valence-corrected chi connectivity index (χ1v) is 6.95. The maximum absolute atomic E-state index is 5.99. The molecule has 0 bridgehead atoms. The summed E-state index contributed by atoms with van der Waals surface area (Å²) in [6, 6.07) is 17.6. The normalized spacial score (nSPS) is 10.6. The van der Waals surface area contributed by atoms with Gasteiger partial charge in [-0.2, -0.15) is 0 Å². The number of methoxy groups -OCH3 is 1. The van der Waals surface area contributed by atoms with E-state index in [2.05, 4.69) is 0 Å². The standard InChI is InChI=1S/C18H17O3/c1-3-20-18-12-17(13-8-10-14(19-2)11-9-13)21-16-7-5-4-6-15(16)18/h4-12H,3H2,1-2H3/q+1. The largest absolute Gasteiger partial charge is 0.497 e. The molecule has 0 aliphatic carbocycles. The van der Waals surface area contributed by atoms with Gasteiger partial charge in [0.2, 0.25) is 0 Å². The Kier molecular flexibility index (Phi) is 3.73. The van der Waals surface area contributed by atoms with Crippen molar-refractivity contribution < 1.29 is 13.9 Å². The van der Waals surface area contributed by atoms with Gasteiger partial charge in [0.15, 0.2) is 0 Å². The second kappa shape index (κ2) is 5.83. The summed E-state index contributed by atoms with van der Waals surface area (Å²) in [5.41, 5.74) is 1.80. The molecule has 0 saturated heterocycles. The Morgan fingerprint density at radius 1 is 1.00 bits per heavy atom. The van der Waals surface area contributed by atoms with Crippen molar-refractivity contribution in [1.29, 1.82) is 0 Å². The van der Waals surface area contributed by atoms with Gasteiger partial charge in [0.25, 0.3) is 0 Å². The molecule has 0 saturated carbocycles. The molecule has 0 aliphatic heterocycles. The smallest absolute Gasteiger partial charge is 0.364 e. The minimum absolute atomic E-state index is 0.621. The van der Waals surface area contributed by atoms with Crippen molar-refractivity contribution in [2.75, 3.05) is 13.7 Å². The first-order valence-electron chi connectivity index (χ1n) is 6.95. The Morgan fingerprint density at radius 3 is 2.48 bits per heavy atom. The van der Waals surface area contributed by atoms with Gasteiger partial charge in [-0.1, -0.05) is 12.1 Å². The Hall–Kier alpha value is -2.55. The van der Waals surface area contributed by atoms with Crippen molar-refractivity contribution >= 4 is 11.0 Å². The van der Waals surface area contributed by atoms with E-state index in [1.165, 1.54) is 0 Å². The molecular weight excluding hydrogens is 264 g/mol. The Balaban J connectivity index is 2.13. The highest BCUT2D eigenvalue weighted by atomic mass is 16.5. The lowest BCUT2D eigenvalue weighted by Gasteiger charge is -2.04. The van der Waals surface area contributed by atoms with E-state index in [1.54, 1.807) is 7.11 Å². The highest BCUT2D eigenvalue weighted by Crippen LogP contribution is 2.33. The van der Waals surface area contributed by atoms with Crippen molar-refractivity contribution in [3.8, 4) is 22.8 Å². The summed E-state index contributed by atoms with van der Waals surface area (Å²) in [7, 11) is 1.66. The van der Waals surface area contributed by atoms with Crippen molar-refractivity contribution in [3.63, 3.8) is 0 Å². The molecule has 0 amide bonds. The van der Waals surface area contributed by atoms with E-state index in [-0.39, 0.29) is 0 Å². The molecule has 1 aromatic heterocycles. The van der Waals surface area contributed by atoms with E-state index in [0.29, 0.717) is 6.61 Å². The van der Waals surface area contributed by atoms with Gasteiger partial charge in [-0.25, -0.2) is 4.42 Å². The van der Waals surface area contributed by atoms with Crippen LogP contribution in [0.2, 0.25) is 0 Å². The summed E-state index contributed by atoms with van der Waals surface area (Å²) >= 11 is 0. The number of fused-ring (bicyclic) bond motifs is 1. The number of hydrogen-bond acceptors (Lipinski definition) is 2. The van der Waals surface area contributed by atoms with Gasteiger partial charge in [-0.3, -0.25) is 0 Å². The van der Waals surface area contributed by atoms with E-state index in [0.717, 1.165) is 33.8 Å². The lowest BCUT2D eigenvalue weighted by Crippen LogP contribution is -1.93. The first-order chi connectivity index (χ1) is 10.3. The average Bonchev–Trinajstić information content (AvgIpc) is 2.55. The SMILES string of the molecule is CCOc1cc(-c2ccc(OC)cc2)[o+]c2ccccc12. The molecule has 0 fully saturated rings. The van der Waals surface area contributed by atoms with Gasteiger partial charge < -0.3 is 9.47 Å². The molecular formula is C18H17O3+. The molecule has 21 heavy (non-hydrogen) atoms. The molecule has 0 radical (unpaired) electrons. The van der Waals surface area contributed by atoms with Crippen LogP contribution >= 0.6 is 0 Å². The predicted octanol–water partition coefficient (Wildman–Crippen LogP) is 4.79. The molecule has 3 aromatic rings. The molecule has 1 heterocycles. The highest BCUT2D eigenvalue weighted by Gasteiger charge is 2.19. The number of benzene rings is 2. The fraction of sp³-hybridized carbons (Fsp3) is 0.167. The summed E-state index contributed by atoms with van der Waals surface area (Å²) in [6.45, 7) is 2.60. The molecule has 0 N–H and O–H groups in total. The van der Waals surface area contributed by atoms with Crippen molar-refractivity contribution in [2.24, 2.45) is 0 Å². The van der Waals surface area contributed by atoms with Crippen LogP contribution in [0.1, 0.15) is 6.92 Å². The summed E-state index contributed by atoms with van der Waals surface area (Å²) < 4.78 is 16.9. The third-order valence-corrected chi connectivity index (χ3v) is 3.31. The third kappa shape index (κ3) is 2.68. The molecule has 0 atom stereocenters. The zero-order valence-electron chi connectivity index (χ0n) is 12.1. The van der Waals surface area contributed by atoms with Crippen molar-refractivity contribution in [2.45, 2.75) is 6.92 Å². The van der Waals surface area contributed by atoms with Crippen molar-refractivity contribution in [1.82, 2.24) is 0 Å². The zero-order chi connectivity index (χ0) is 14.7. The van der Waals surface area contributed by atoms with Gasteiger partial charge in [0, 0.05) is 6.07 Å². The quantitative estimate of drug-likeness (QED) is 0.644. The molecule has 2 aromatic carbocycles. The molecule has 106 valence electrons. The van der Waals surface area contributed by atoms with Crippen molar-refractivity contribution in [3.05, 3.63) is 54.6 Å². The van der Waals surface area contributed by atoms with E-state index in [9.17, 15) is 0 Å². The van der Waals surface area contributed by atoms with Crippen LogP contribution < -0.4 is 9.47 Å². The molecule has 3 heteroatoms.